The van der Waals surface area contributed by atoms with Gasteiger partial charge >= 0.3 is 5.97 Å². The second-order valence-electron chi connectivity index (χ2n) is 4.51. The molecule has 1 atom stereocenters. The fourth-order valence-corrected chi connectivity index (χ4v) is 1.77. The van der Waals surface area contributed by atoms with Gasteiger partial charge in [0, 0.05) is 6.54 Å². The van der Waals surface area contributed by atoms with E-state index in [1.165, 1.54) is 24.3 Å². The molecule has 0 spiro atoms. The van der Waals surface area contributed by atoms with Crippen LogP contribution in [0.5, 0.6) is 0 Å². The predicted octanol–water partition coefficient (Wildman–Crippen LogP) is 0.810. The van der Waals surface area contributed by atoms with Gasteiger partial charge in [-0.05, 0) is 25.5 Å². The van der Waals surface area contributed by atoms with Gasteiger partial charge in [0.2, 0.25) is 5.91 Å². The molecule has 0 saturated heterocycles. The number of rotatable bonds is 7. The van der Waals surface area contributed by atoms with Crippen LogP contribution in [0.15, 0.2) is 22.8 Å². The Bertz CT molecular complexity index is 484. The molecular formula is C14H20N2O5. The van der Waals surface area contributed by atoms with Crippen molar-refractivity contribution in [2.24, 2.45) is 0 Å². The first-order chi connectivity index (χ1) is 9.99. The van der Waals surface area contributed by atoms with Crippen molar-refractivity contribution in [3.05, 3.63) is 24.2 Å². The Kier molecular flexibility index (Phi) is 6.45. The van der Waals surface area contributed by atoms with Crippen LogP contribution >= 0.6 is 0 Å². The lowest BCUT2D eigenvalue weighted by Crippen LogP contribution is -2.48. The first-order valence-electron chi connectivity index (χ1n) is 6.69. The van der Waals surface area contributed by atoms with Crippen molar-refractivity contribution in [1.29, 1.82) is 0 Å². The highest BCUT2D eigenvalue weighted by atomic mass is 16.5. The number of ether oxygens (including phenoxy) is 1. The molecule has 7 nitrogen and oxygen atoms in total. The molecular weight excluding hydrogens is 276 g/mol. The van der Waals surface area contributed by atoms with E-state index in [1.807, 2.05) is 6.92 Å². The minimum absolute atomic E-state index is 0.129. The molecule has 0 aromatic carbocycles. The molecule has 1 aromatic heterocycles. The average molecular weight is 296 g/mol. The zero-order valence-corrected chi connectivity index (χ0v) is 12.4. The largest absolute Gasteiger partial charge is 0.468 e. The number of hydrogen-bond donors (Lipinski definition) is 1. The second-order valence-corrected chi connectivity index (χ2v) is 4.51. The number of nitrogens with zero attached hydrogens (tertiary/aromatic N) is 1. The fourth-order valence-electron chi connectivity index (χ4n) is 1.77. The van der Waals surface area contributed by atoms with Crippen molar-refractivity contribution in [3.63, 3.8) is 0 Å². The molecule has 0 aliphatic heterocycles. The van der Waals surface area contributed by atoms with Crippen LogP contribution in [-0.2, 0) is 14.3 Å². The second kappa shape index (κ2) is 8.08. The van der Waals surface area contributed by atoms with Crippen molar-refractivity contribution >= 4 is 17.8 Å². The van der Waals surface area contributed by atoms with Crippen molar-refractivity contribution < 1.29 is 23.5 Å². The number of amides is 2. The smallest absolute Gasteiger partial charge is 0.325 e. The molecule has 0 bridgehead atoms. The molecule has 0 aliphatic rings. The van der Waals surface area contributed by atoms with Gasteiger partial charge in [0.15, 0.2) is 5.76 Å². The van der Waals surface area contributed by atoms with E-state index in [4.69, 9.17) is 4.42 Å². The van der Waals surface area contributed by atoms with Crippen LogP contribution in [0.2, 0.25) is 0 Å². The summed E-state index contributed by atoms with van der Waals surface area (Å²) in [5.74, 6) is -1.19. The van der Waals surface area contributed by atoms with Gasteiger partial charge in [-0.25, -0.2) is 0 Å². The van der Waals surface area contributed by atoms with Crippen LogP contribution in [0.1, 0.15) is 30.8 Å². The lowest BCUT2D eigenvalue weighted by Gasteiger charge is -2.24. The van der Waals surface area contributed by atoms with Crippen LogP contribution in [0.25, 0.3) is 0 Å². The van der Waals surface area contributed by atoms with Gasteiger partial charge < -0.3 is 19.4 Å². The van der Waals surface area contributed by atoms with E-state index in [9.17, 15) is 14.4 Å². The van der Waals surface area contributed by atoms with Gasteiger partial charge in [0.05, 0.1) is 13.4 Å². The minimum atomic E-state index is -0.765. The zero-order chi connectivity index (χ0) is 15.8. The highest BCUT2D eigenvalue weighted by Crippen LogP contribution is 2.03. The summed E-state index contributed by atoms with van der Waals surface area (Å²) in [6.45, 7) is 3.73. The number of nitrogens with one attached hydrogen (secondary N) is 1. The van der Waals surface area contributed by atoms with Crippen LogP contribution in [0.4, 0.5) is 0 Å². The Balaban J connectivity index is 2.64. The molecule has 1 unspecified atom stereocenters. The predicted molar refractivity (Wildman–Crippen MR) is 74.5 cm³/mol. The third-order valence-electron chi connectivity index (χ3n) is 2.82. The van der Waals surface area contributed by atoms with Gasteiger partial charge in [-0.3, -0.25) is 14.4 Å². The summed E-state index contributed by atoms with van der Waals surface area (Å²) in [4.78, 5) is 36.7. The van der Waals surface area contributed by atoms with Crippen molar-refractivity contribution in [3.8, 4) is 0 Å². The lowest BCUT2D eigenvalue weighted by molar-refractivity contribution is -0.147. The molecule has 7 heteroatoms. The highest BCUT2D eigenvalue weighted by molar-refractivity contribution is 5.95. The van der Waals surface area contributed by atoms with Crippen molar-refractivity contribution in [1.82, 2.24) is 10.2 Å². The Hall–Kier alpha value is -2.31. The Morgan fingerprint density at radius 2 is 2.14 bits per heavy atom. The van der Waals surface area contributed by atoms with E-state index in [0.29, 0.717) is 13.0 Å². The van der Waals surface area contributed by atoms with E-state index in [2.05, 4.69) is 10.1 Å². The monoisotopic (exact) mass is 296 g/mol. The summed E-state index contributed by atoms with van der Waals surface area (Å²) in [7, 11) is 1.26. The van der Waals surface area contributed by atoms with Gasteiger partial charge in [-0.15, -0.1) is 0 Å². The van der Waals surface area contributed by atoms with Crippen molar-refractivity contribution in [2.45, 2.75) is 26.3 Å². The molecule has 1 rings (SSSR count). The SMILES string of the molecule is CCCN(CC(=O)OC)C(=O)C(C)NC(=O)c1ccco1. The molecule has 2 amide bonds. The fraction of sp³-hybridized carbons (Fsp3) is 0.500. The normalized spacial score (nSPS) is 11.6. The van der Waals surface area contributed by atoms with Gasteiger partial charge in [-0.2, -0.15) is 0 Å². The number of methoxy groups -OCH3 is 1. The molecule has 1 aromatic rings. The number of furan rings is 1. The molecule has 0 fully saturated rings. The van der Waals surface area contributed by atoms with Crippen LogP contribution < -0.4 is 5.32 Å². The molecule has 1 N–H and O–H groups in total. The van der Waals surface area contributed by atoms with E-state index >= 15 is 0 Å². The summed E-state index contributed by atoms with van der Waals surface area (Å²) in [6.07, 6.45) is 2.07. The maximum absolute atomic E-state index is 12.3. The average Bonchev–Trinajstić information content (AvgIpc) is 3.00. The van der Waals surface area contributed by atoms with Gasteiger partial charge in [0.25, 0.3) is 5.91 Å². The van der Waals surface area contributed by atoms with Crippen LogP contribution in [-0.4, -0.2) is 48.9 Å². The Morgan fingerprint density at radius 3 is 2.67 bits per heavy atom. The zero-order valence-electron chi connectivity index (χ0n) is 12.4. The number of esters is 1. The summed E-state index contributed by atoms with van der Waals surface area (Å²) >= 11 is 0. The molecule has 116 valence electrons. The van der Waals surface area contributed by atoms with E-state index < -0.39 is 17.9 Å². The van der Waals surface area contributed by atoms with Crippen LogP contribution in [0, 0.1) is 0 Å². The van der Waals surface area contributed by atoms with E-state index in [0.717, 1.165) is 0 Å². The third kappa shape index (κ3) is 4.94. The molecule has 0 saturated carbocycles. The first kappa shape index (κ1) is 16.7. The van der Waals surface area contributed by atoms with E-state index in [-0.39, 0.29) is 18.2 Å². The molecule has 21 heavy (non-hydrogen) atoms. The van der Waals surface area contributed by atoms with Gasteiger partial charge in [-0.1, -0.05) is 6.92 Å². The topological polar surface area (TPSA) is 88.9 Å². The number of hydrogen-bond acceptors (Lipinski definition) is 5. The maximum atomic E-state index is 12.3. The molecule has 0 aliphatic carbocycles. The number of carbonyl (C=O) groups is 3. The summed E-state index contributed by atoms with van der Waals surface area (Å²) in [5, 5.41) is 2.54. The highest BCUT2D eigenvalue weighted by Gasteiger charge is 2.24. The van der Waals surface area contributed by atoms with Gasteiger partial charge in [0.1, 0.15) is 12.6 Å². The molecule has 1 heterocycles. The maximum Gasteiger partial charge on any atom is 0.325 e. The summed E-state index contributed by atoms with van der Waals surface area (Å²) < 4.78 is 9.52. The third-order valence-corrected chi connectivity index (χ3v) is 2.82. The summed E-state index contributed by atoms with van der Waals surface area (Å²) in [6, 6.07) is 2.33. The minimum Gasteiger partial charge on any atom is -0.468 e. The Morgan fingerprint density at radius 1 is 1.43 bits per heavy atom. The quantitative estimate of drug-likeness (QED) is 0.752. The van der Waals surface area contributed by atoms with Crippen molar-refractivity contribution in [2.75, 3.05) is 20.2 Å². The standard InChI is InChI=1S/C14H20N2O5/c1-4-7-16(9-12(17)20-3)14(19)10(2)15-13(18)11-6-5-8-21-11/h5-6,8,10H,4,7,9H2,1-3H3,(H,15,18). The summed E-state index contributed by atoms with van der Waals surface area (Å²) in [5.41, 5.74) is 0. The molecule has 0 radical (unpaired) electrons. The first-order valence-corrected chi connectivity index (χ1v) is 6.69. The van der Waals surface area contributed by atoms with E-state index in [1.54, 1.807) is 13.0 Å². The lowest BCUT2D eigenvalue weighted by atomic mass is 10.2. The Labute approximate surface area is 123 Å². The van der Waals surface area contributed by atoms with Crippen LogP contribution in [0.3, 0.4) is 0 Å². The number of carbonyl (C=O) groups excluding carboxylic acids is 3.